The van der Waals surface area contributed by atoms with Gasteiger partial charge >= 0.3 is 5.97 Å². The van der Waals surface area contributed by atoms with Gasteiger partial charge in [-0.15, -0.1) is 0 Å². The monoisotopic (exact) mass is 412 g/mol. The van der Waals surface area contributed by atoms with Crippen LogP contribution in [0.1, 0.15) is 110 Å². The third-order valence-electron chi connectivity index (χ3n) is 4.99. The fourth-order valence-corrected chi connectivity index (χ4v) is 3.63. The van der Waals surface area contributed by atoms with Crippen LogP contribution in [0.4, 0.5) is 0 Å². The molecule has 0 aromatic rings. The van der Waals surface area contributed by atoms with E-state index in [-0.39, 0.29) is 15.0 Å². The van der Waals surface area contributed by atoms with Crippen molar-refractivity contribution in [2.24, 2.45) is 0 Å². The summed E-state index contributed by atoms with van der Waals surface area (Å²) >= 11 is 0. The average Bonchev–Trinajstić information content (AvgIpc) is 2.67. The number of carbonyl (C=O) groups excluding carboxylic acids is 1. The summed E-state index contributed by atoms with van der Waals surface area (Å²) in [6, 6.07) is 0. The fraction of sp³-hybridized carbons (Fsp3) is 0.783. The van der Waals surface area contributed by atoms with Gasteiger partial charge in [0.2, 0.25) is 9.03 Å². The Morgan fingerprint density at radius 1 is 0.893 bits per heavy atom. The van der Waals surface area contributed by atoms with Gasteiger partial charge in [-0.2, -0.15) is 0 Å². The molecule has 1 aliphatic rings. The van der Waals surface area contributed by atoms with Crippen molar-refractivity contribution in [2.75, 3.05) is 6.61 Å². The van der Waals surface area contributed by atoms with Crippen molar-refractivity contribution in [3.8, 4) is 0 Å². The van der Waals surface area contributed by atoms with E-state index in [1.165, 1.54) is 89.7 Å². The van der Waals surface area contributed by atoms with Crippen LogP contribution < -0.4 is 0 Å². The van der Waals surface area contributed by atoms with Crippen LogP contribution in [0, 0.1) is 0 Å². The van der Waals surface area contributed by atoms with E-state index < -0.39 is 0 Å². The van der Waals surface area contributed by atoms with Crippen molar-refractivity contribution in [3.05, 3.63) is 24.2 Å². The zero-order valence-corrected chi connectivity index (χ0v) is 18.9. The molecule has 162 valence electrons. The predicted molar refractivity (Wildman–Crippen MR) is 118 cm³/mol. The number of esters is 1. The molecule has 0 bridgehead atoms. The lowest BCUT2D eigenvalue weighted by molar-refractivity contribution is -0.139. The summed E-state index contributed by atoms with van der Waals surface area (Å²) in [7, 11) is 0.00248. The summed E-state index contributed by atoms with van der Waals surface area (Å²) < 4.78 is 15.6. The highest BCUT2D eigenvalue weighted by atomic mass is 31.1. The molecule has 4 nitrogen and oxygen atoms in total. The first kappa shape index (κ1) is 25.2. The molecule has 0 spiro atoms. The van der Waals surface area contributed by atoms with Crippen LogP contribution in [-0.4, -0.2) is 12.6 Å². The number of ether oxygens (including phenoxy) is 1. The van der Waals surface area contributed by atoms with Crippen LogP contribution in [0.3, 0.4) is 0 Å². The van der Waals surface area contributed by atoms with E-state index in [1.54, 1.807) is 12.2 Å². The minimum atomic E-state index is -0.173. The summed E-state index contributed by atoms with van der Waals surface area (Å²) in [6.07, 6.45) is 25.3. The predicted octanol–water partition coefficient (Wildman–Crippen LogP) is 7.74. The Morgan fingerprint density at radius 2 is 1.43 bits per heavy atom. The SMILES string of the molecule is CCCCCCCCCCCCCCCCCC(=O)OC1=C/COPO/C=C\1. The van der Waals surface area contributed by atoms with Crippen LogP contribution in [0.5, 0.6) is 0 Å². The minimum Gasteiger partial charge on any atom is -0.457 e. The number of hydrogen-bond donors (Lipinski definition) is 0. The molecule has 1 heterocycles. The fourth-order valence-electron chi connectivity index (χ4n) is 3.29. The molecule has 28 heavy (non-hydrogen) atoms. The number of hydrogen-bond acceptors (Lipinski definition) is 4. The van der Waals surface area contributed by atoms with Gasteiger partial charge in [-0.1, -0.05) is 96.8 Å². The molecule has 1 atom stereocenters. The Balaban J connectivity index is 1.83. The molecule has 0 N–H and O–H groups in total. The van der Waals surface area contributed by atoms with E-state index in [0.29, 0.717) is 18.8 Å². The molecule has 5 heteroatoms. The van der Waals surface area contributed by atoms with E-state index in [9.17, 15) is 4.79 Å². The lowest BCUT2D eigenvalue weighted by atomic mass is 10.0. The third-order valence-corrected chi connectivity index (χ3v) is 5.51. The van der Waals surface area contributed by atoms with Gasteiger partial charge in [-0.3, -0.25) is 4.79 Å². The van der Waals surface area contributed by atoms with E-state index in [4.69, 9.17) is 13.8 Å². The topological polar surface area (TPSA) is 44.8 Å². The molecule has 0 aromatic heterocycles. The Kier molecular flexibility index (Phi) is 17.5. The summed E-state index contributed by atoms with van der Waals surface area (Å²) in [5, 5.41) is 0. The average molecular weight is 413 g/mol. The number of allylic oxidation sites excluding steroid dienone is 1. The Bertz CT molecular complexity index is 434. The van der Waals surface area contributed by atoms with E-state index in [0.717, 1.165) is 12.8 Å². The van der Waals surface area contributed by atoms with E-state index in [1.807, 2.05) is 0 Å². The first-order chi connectivity index (χ1) is 13.8. The van der Waals surface area contributed by atoms with Crippen molar-refractivity contribution >= 4 is 15.0 Å². The number of rotatable bonds is 17. The number of carbonyl (C=O) groups is 1. The van der Waals surface area contributed by atoms with Gasteiger partial charge in [-0.25, -0.2) is 0 Å². The number of unbranched alkanes of at least 4 members (excludes halogenated alkanes) is 14. The van der Waals surface area contributed by atoms with Gasteiger partial charge in [0.15, 0.2) is 0 Å². The Labute approximate surface area is 174 Å². The Morgan fingerprint density at radius 3 is 2.00 bits per heavy atom. The molecule has 1 unspecified atom stereocenters. The van der Waals surface area contributed by atoms with Gasteiger partial charge in [0.1, 0.15) is 5.76 Å². The van der Waals surface area contributed by atoms with Crippen molar-refractivity contribution in [3.63, 3.8) is 0 Å². The van der Waals surface area contributed by atoms with E-state index >= 15 is 0 Å². The summed E-state index contributed by atoms with van der Waals surface area (Å²) in [5.41, 5.74) is 0. The highest BCUT2D eigenvalue weighted by Crippen LogP contribution is 2.18. The van der Waals surface area contributed by atoms with Crippen molar-refractivity contribution < 1.29 is 18.6 Å². The van der Waals surface area contributed by atoms with Crippen LogP contribution in [0.15, 0.2) is 24.2 Å². The molecule has 0 aromatic carbocycles. The Hall–Kier alpha value is -0.860. The normalized spacial score (nSPS) is 18.0. The molecular weight excluding hydrogens is 371 g/mol. The zero-order chi connectivity index (χ0) is 20.1. The van der Waals surface area contributed by atoms with Crippen LogP contribution in [0.2, 0.25) is 0 Å². The van der Waals surface area contributed by atoms with Crippen LogP contribution >= 0.6 is 9.03 Å². The molecule has 1 aliphatic heterocycles. The molecule has 0 saturated heterocycles. The molecule has 0 aliphatic carbocycles. The van der Waals surface area contributed by atoms with Crippen molar-refractivity contribution in [1.82, 2.24) is 0 Å². The second-order valence-electron chi connectivity index (χ2n) is 7.60. The zero-order valence-electron chi connectivity index (χ0n) is 17.9. The van der Waals surface area contributed by atoms with E-state index in [2.05, 4.69) is 6.92 Å². The van der Waals surface area contributed by atoms with Crippen molar-refractivity contribution in [1.29, 1.82) is 0 Å². The highest BCUT2D eigenvalue weighted by Gasteiger charge is 2.06. The van der Waals surface area contributed by atoms with Gasteiger partial charge in [-0.05, 0) is 12.5 Å². The summed E-state index contributed by atoms with van der Waals surface area (Å²) in [6.45, 7) is 2.68. The van der Waals surface area contributed by atoms with Gasteiger partial charge in [0.05, 0.1) is 12.9 Å². The van der Waals surface area contributed by atoms with Crippen LogP contribution in [-0.2, 0) is 18.6 Å². The standard InChI is InChI=1S/C23H41O4P/c1-2-3-4-5-6-7-8-9-10-11-12-13-14-15-16-17-23(24)27-22-18-20-25-28-26-21-19-22/h18-20,28H,2-17,21H2,1H3/b20-18-,22-19+. The quantitative estimate of drug-likeness (QED) is 0.139. The molecule has 0 fully saturated rings. The molecule has 0 radical (unpaired) electrons. The molecule has 0 amide bonds. The summed E-state index contributed by atoms with van der Waals surface area (Å²) in [5.74, 6) is 0.337. The maximum Gasteiger partial charge on any atom is 0.311 e. The molecule has 0 saturated carbocycles. The van der Waals surface area contributed by atoms with Gasteiger partial charge < -0.3 is 13.8 Å². The largest absolute Gasteiger partial charge is 0.457 e. The first-order valence-electron chi connectivity index (χ1n) is 11.4. The highest BCUT2D eigenvalue weighted by molar-refractivity contribution is 7.26. The van der Waals surface area contributed by atoms with Gasteiger partial charge in [0, 0.05) is 12.5 Å². The smallest absolute Gasteiger partial charge is 0.311 e. The minimum absolute atomic E-state index is 0.00248. The second kappa shape index (κ2) is 19.5. The lowest BCUT2D eigenvalue weighted by Crippen LogP contribution is -2.04. The first-order valence-corrected chi connectivity index (χ1v) is 12.2. The van der Waals surface area contributed by atoms with Crippen LogP contribution in [0.25, 0.3) is 0 Å². The maximum absolute atomic E-state index is 11.9. The third kappa shape index (κ3) is 16.1. The molecule has 1 rings (SSSR count). The molecular formula is C23H41O4P. The summed E-state index contributed by atoms with van der Waals surface area (Å²) in [4.78, 5) is 11.9. The maximum atomic E-state index is 11.9. The van der Waals surface area contributed by atoms with Crippen molar-refractivity contribution in [2.45, 2.75) is 110 Å². The second-order valence-corrected chi connectivity index (χ2v) is 8.29. The van der Waals surface area contributed by atoms with Gasteiger partial charge in [0.25, 0.3) is 0 Å². The lowest BCUT2D eigenvalue weighted by Gasteiger charge is -2.08.